The summed E-state index contributed by atoms with van der Waals surface area (Å²) >= 11 is 3.65. The van der Waals surface area contributed by atoms with Gasteiger partial charge in [0.25, 0.3) is 0 Å². The molecule has 6 aromatic carbocycles. The van der Waals surface area contributed by atoms with E-state index in [1.54, 1.807) is 11.3 Å². The van der Waals surface area contributed by atoms with E-state index in [2.05, 4.69) is 132 Å². The lowest BCUT2D eigenvalue weighted by molar-refractivity contribution is 1.02. The third-order valence-corrected chi connectivity index (χ3v) is 11.0. The fraction of sp³-hybridized carbons (Fsp3) is 0. The predicted octanol–water partition coefficient (Wildman–Crippen LogP) is 11.1. The van der Waals surface area contributed by atoms with Crippen molar-refractivity contribution in [3.63, 3.8) is 0 Å². The van der Waals surface area contributed by atoms with E-state index in [-0.39, 0.29) is 0 Å². The highest BCUT2D eigenvalue weighted by Gasteiger charge is 2.22. The van der Waals surface area contributed by atoms with E-state index in [1.165, 1.54) is 51.8 Å². The van der Waals surface area contributed by atoms with Crippen LogP contribution in [0.4, 0.5) is 0 Å². The van der Waals surface area contributed by atoms with Crippen LogP contribution in [0.2, 0.25) is 0 Å². The Hall–Kier alpha value is -5.10. The van der Waals surface area contributed by atoms with Gasteiger partial charge in [-0.3, -0.25) is 4.57 Å². The van der Waals surface area contributed by atoms with E-state index in [4.69, 9.17) is 9.97 Å². The SMILES string of the molecule is c1ccc(-c2nc(-n3c4ccccc4c4c5c(ccc43)sc3ccccc35)nc3c2sc2c4ccccc4ccc32)cc1. The number of fused-ring (bicyclic) bond motifs is 12. The van der Waals surface area contributed by atoms with Gasteiger partial charge in [-0.15, -0.1) is 22.7 Å². The molecule has 5 heteroatoms. The molecule has 4 heterocycles. The summed E-state index contributed by atoms with van der Waals surface area (Å²) in [4.78, 5) is 10.8. The van der Waals surface area contributed by atoms with Crippen molar-refractivity contribution in [3.05, 3.63) is 127 Å². The van der Waals surface area contributed by atoms with Gasteiger partial charge in [-0.1, -0.05) is 103 Å². The Morgan fingerprint density at radius 3 is 2.14 bits per heavy atom. The molecule has 3 nitrogen and oxygen atoms in total. The second-order valence-electron chi connectivity index (χ2n) is 11.0. The number of rotatable bonds is 2. The van der Waals surface area contributed by atoms with Gasteiger partial charge in [0.1, 0.15) is 0 Å². The third kappa shape index (κ3) is 3.23. The van der Waals surface area contributed by atoms with Crippen molar-refractivity contribution in [1.82, 2.24) is 14.5 Å². The monoisotopic (exact) mass is 583 g/mol. The van der Waals surface area contributed by atoms with Crippen LogP contribution in [0.1, 0.15) is 0 Å². The zero-order valence-electron chi connectivity index (χ0n) is 22.8. The lowest BCUT2D eigenvalue weighted by Gasteiger charge is -2.10. The van der Waals surface area contributed by atoms with E-state index >= 15 is 0 Å². The average molecular weight is 584 g/mol. The number of hydrogen-bond donors (Lipinski definition) is 0. The Morgan fingerprint density at radius 2 is 1.23 bits per heavy atom. The normalized spacial score (nSPS) is 12.2. The van der Waals surface area contributed by atoms with Crippen molar-refractivity contribution in [2.45, 2.75) is 0 Å². The smallest absolute Gasteiger partial charge is 0.235 e. The fourth-order valence-corrected chi connectivity index (χ4v) is 9.14. The summed E-state index contributed by atoms with van der Waals surface area (Å²) in [5.41, 5.74) is 5.31. The minimum Gasteiger partial charge on any atom is -0.278 e. The molecule has 0 atom stereocenters. The molecule has 0 radical (unpaired) electrons. The van der Waals surface area contributed by atoms with Gasteiger partial charge in [-0.2, -0.15) is 0 Å². The number of benzene rings is 6. The van der Waals surface area contributed by atoms with Crippen molar-refractivity contribution in [2.75, 3.05) is 0 Å². The number of para-hydroxylation sites is 1. The minimum atomic E-state index is 0.698. The van der Waals surface area contributed by atoms with Gasteiger partial charge in [0.05, 0.1) is 26.9 Å². The highest BCUT2D eigenvalue weighted by Crippen LogP contribution is 2.45. The van der Waals surface area contributed by atoms with E-state index < -0.39 is 0 Å². The maximum atomic E-state index is 5.39. The summed E-state index contributed by atoms with van der Waals surface area (Å²) in [6.07, 6.45) is 0. The average Bonchev–Trinajstić information content (AvgIpc) is 3.74. The molecule has 0 saturated heterocycles. The largest absolute Gasteiger partial charge is 0.278 e. The molecule has 0 N–H and O–H groups in total. The molecule has 0 aliphatic heterocycles. The van der Waals surface area contributed by atoms with Gasteiger partial charge in [-0.05, 0) is 35.0 Å². The number of thiophene rings is 2. The molecule has 0 amide bonds. The van der Waals surface area contributed by atoms with E-state index in [1.807, 2.05) is 11.3 Å². The molecule has 4 aromatic heterocycles. The summed E-state index contributed by atoms with van der Waals surface area (Å²) in [5, 5.41) is 8.76. The van der Waals surface area contributed by atoms with Crippen LogP contribution in [0.15, 0.2) is 127 Å². The molecular weight excluding hydrogens is 563 g/mol. The van der Waals surface area contributed by atoms with Gasteiger partial charge >= 0.3 is 0 Å². The number of aromatic nitrogens is 3. The van der Waals surface area contributed by atoms with Crippen LogP contribution in [0.5, 0.6) is 0 Å². The molecule has 10 aromatic rings. The van der Waals surface area contributed by atoms with Gasteiger partial charge in [-0.25, -0.2) is 9.97 Å². The molecule has 43 heavy (non-hydrogen) atoms. The maximum Gasteiger partial charge on any atom is 0.235 e. The van der Waals surface area contributed by atoms with Crippen LogP contribution in [0.25, 0.3) is 90.3 Å². The Bertz CT molecular complexity index is 2730. The van der Waals surface area contributed by atoms with Crippen molar-refractivity contribution < 1.29 is 0 Å². The van der Waals surface area contributed by atoms with Crippen molar-refractivity contribution >= 4 is 95.7 Å². The van der Waals surface area contributed by atoms with Crippen LogP contribution in [-0.2, 0) is 0 Å². The quantitative estimate of drug-likeness (QED) is 0.203. The Kier molecular flexibility index (Phi) is 4.75. The van der Waals surface area contributed by atoms with Crippen LogP contribution in [0, 0.1) is 0 Å². The van der Waals surface area contributed by atoms with Gasteiger partial charge in [0.2, 0.25) is 5.95 Å². The number of nitrogens with zero attached hydrogens (tertiary/aromatic N) is 3. The second-order valence-corrected chi connectivity index (χ2v) is 13.1. The van der Waals surface area contributed by atoms with E-state index in [9.17, 15) is 0 Å². The highest BCUT2D eigenvalue weighted by molar-refractivity contribution is 7.27. The minimum absolute atomic E-state index is 0.698. The van der Waals surface area contributed by atoms with Crippen LogP contribution in [0.3, 0.4) is 0 Å². The van der Waals surface area contributed by atoms with Gasteiger partial charge in [0, 0.05) is 46.6 Å². The predicted molar refractivity (Wildman–Crippen MR) is 185 cm³/mol. The van der Waals surface area contributed by atoms with Crippen molar-refractivity contribution in [3.8, 4) is 17.2 Å². The molecule has 200 valence electrons. The van der Waals surface area contributed by atoms with E-state index in [0.29, 0.717) is 5.95 Å². The molecule has 0 unspecified atom stereocenters. The lowest BCUT2D eigenvalue weighted by Crippen LogP contribution is -2.02. The summed E-state index contributed by atoms with van der Waals surface area (Å²) in [7, 11) is 0. The van der Waals surface area contributed by atoms with Crippen LogP contribution in [-0.4, -0.2) is 14.5 Å². The first-order valence-corrected chi connectivity index (χ1v) is 16.0. The van der Waals surface area contributed by atoms with Crippen LogP contribution < -0.4 is 0 Å². The van der Waals surface area contributed by atoms with Gasteiger partial charge in [0.15, 0.2) is 0 Å². The highest BCUT2D eigenvalue weighted by atomic mass is 32.1. The first-order valence-electron chi connectivity index (χ1n) is 14.3. The van der Waals surface area contributed by atoms with Gasteiger partial charge < -0.3 is 0 Å². The van der Waals surface area contributed by atoms with Crippen molar-refractivity contribution in [2.24, 2.45) is 0 Å². The summed E-state index contributed by atoms with van der Waals surface area (Å²) in [5.74, 6) is 0.698. The summed E-state index contributed by atoms with van der Waals surface area (Å²) < 4.78 is 7.25. The molecule has 0 aliphatic rings. The zero-order valence-corrected chi connectivity index (χ0v) is 24.4. The maximum absolute atomic E-state index is 5.39. The molecule has 0 spiro atoms. The number of hydrogen-bond acceptors (Lipinski definition) is 4. The Balaban J connectivity index is 1.38. The fourth-order valence-electron chi connectivity index (χ4n) is 6.74. The lowest BCUT2D eigenvalue weighted by atomic mass is 10.1. The van der Waals surface area contributed by atoms with Crippen molar-refractivity contribution in [1.29, 1.82) is 0 Å². The molecule has 0 saturated carbocycles. The standard InChI is InChI=1S/C38H21N3S2/c1-2-11-23(12-3-1)34-37-35(27-19-18-22-10-4-5-13-24(22)36(27)43-37)40-38(39-34)41-28-16-8-6-14-25(28)32-29(41)20-21-31-33(32)26-15-7-9-17-30(26)42-31/h1-21H. The first-order chi connectivity index (χ1) is 21.3. The topological polar surface area (TPSA) is 30.7 Å². The molecule has 0 aliphatic carbocycles. The summed E-state index contributed by atoms with van der Waals surface area (Å²) in [6, 6.07) is 45.5. The second kappa shape index (κ2) is 8.71. The summed E-state index contributed by atoms with van der Waals surface area (Å²) in [6.45, 7) is 0. The zero-order chi connectivity index (χ0) is 28.1. The third-order valence-electron chi connectivity index (χ3n) is 8.62. The molecule has 0 bridgehead atoms. The molecular formula is C38H21N3S2. The first kappa shape index (κ1) is 23.5. The van der Waals surface area contributed by atoms with E-state index in [0.717, 1.165) is 32.5 Å². The Morgan fingerprint density at radius 1 is 0.465 bits per heavy atom. The molecule has 0 fully saturated rings. The molecule has 10 rings (SSSR count). The Labute approximate surface area is 253 Å². The van der Waals surface area contributed by atoms with Crippen LogP contribution >= 0.6 is 22.7 Å².